The molecule has 0 spiro atoms. The van der Waals surface area contributed by atoms with Gasteiger partial charge >= 0.3 is 13.6 Å². The second-order valence-corrected chi connectivity index (χ2v) is 5.26. The van der Waals surface area contributed by atoms with Gasteiger partial charge in [0.05, 0.1) is 6.16 Å². The molecular formula is C9H18NO5P. The maximum atomic E-state index is 10.8. The van der Waals surface area contributed by atoms with E-state index >= 15 is 0 Å². The Hall–Kier alpha value is -0.680. The van der Waals surface area contributed by atoms with Crippen LogP contribution in [0, 0.1) is 0 Å². The van der Waals surface area contributed by atoms with E-state index < -0.39 is 25.8 Å². The number of aliphatic carboxylic acids is 1. The van der Waals surface area contributed by atoms with E-state index in [9.17, 15) is 9.36 Å². The summed E-state index contributed by atoms with van der Waals surface area (Å²) in [5.41, 5.74) is 5.69. The number of hydrogen-bond donors (Lipinski definition) is 4. The predicted molar refractivity (Wildman–Crippen MR) is 60.1 cm³/mol. The maximum Gasteiger partial charge on any atom is 0.329 e. The van der Waals surface area contributed by atoms with E-state index in [1.54, 1.807) is 0 Å². The van der Waals surface area contributed by atoms with Crippen molar-refractivity contribution >= 4 is 13.6 Å². The molecule has 0 saturated heterocycles. The molecule has 0 aliphatic rings. The molecule has 6 nitrogen and oxygen atoms in total. The molecule has 0 rings (SSSR count). The highest BCUT2D eigenvalue weighted by Gasteiger charge is 2.18. The summed E-state index contributed by atoms with van der Waals surface area (Å²) in [6.45, 7) is 1.94. The Labute approximate surface area is 94.3 Å². The standard InChI is InChI=1S/C9H18NO5P/c1-2-3-4-7(6-16(13,14)15)5-8(10)9(11)12/h5,8H,2-4,6,10H2,1H3,(H,11,12)(H2,13,14,15)/b7-5+. The number of carbonyl (C=O) groups is 1. The van der Waals surface area contributed by atoms with Crippen LogP contribution >= 0.6 is 7.60 Å². The molecule has 0 fully saturated rings. The van der Waals surface area contributed by atoms with Crippen molar-refractivity contribution in [2.24, 2.45) is 5.73 Å². The molecule has 0 aromatic rings. The molecule has 1 unspecified atom stereocenters. The SMILES string of the molecule is CCCC/C(=C\C(N)C(=O)O)CP(=O)(O)O. The van der Waals surface area contributed by atoms with Crippen LogP contribution in [0.3, 0.4) is 0 Å². The highest BCUT2D eigenvalue weighted by atomic mass is 31.2. The van der Waals surface area contributed by atoms with Crippen LogP contribution in [0.2, 0.25) is 0 Å². The van der Waals surface area contributed by atoms with Gasteiger partial charge in [-0.3, -0.25) is 9.36 Å². The third-order valence-corrected chi connectivity index (χ3v) is 2.78. The number of hydrogen-bond acceptors (Lipinski definition) is 3. The summed E-state index contributed by atoms with van der Waals surface area (Å²) in [4.78, 5) is 28.2. The lowest BCUT2D eigenvalue weighted by Crippen LogP contribution is -2.28. The van der Waals surface area contributed by atoms with Gasteiger partial charge in [0.1, 0.15) is 6.04 Å². The van der Waals surface area contributed by atoms with Gasteiger partial charge in [-0.1, -0.05) is 25.0 Å². The van der Waals surface area contributed by atoms with Crippen LogP contribution in [0.25, 0.3) is 0 Å². The molecule has 0 aromatic carbocycles. The molecule has 0 aromatic heterocycles. The lowest BCUT2D eigenvalue weighted by atomic mass is 10.1. The molecule has 0 heterocycles. The van der Waals surface area contributed by atoms with Crippen LogP contribution in [-0.4, -0.2) is 33.1 Å². The fraction of sp³-hybridized carbons (Fsp3) is 0.667. The number of carboxylic acid groups (broad SMARTS) is 1. The molecule has 7 heteroatoms. The van der Waals surface area contributed by atoms with E-state index in [2.05, 4.69) is 0 Å². The zero-order valence-electron chi connectivity index (χ0n) is 9.17. The quantitative estimate of drug-likeness (QED) is 0.390. The van der Waals surface area contributed by atoms with Crippen molar-refractivity contribution in [2.75, 3.05) is 6.16 Å². The van der Waals surface area contributed by atoms with E-state index in [0.29, 0.717) is 12.0 Å². The third kappa shape index (κ3) is 7.59. The predicted octanol–water partition coefficient (Wildman–Crippen LogP) is 0.693. The third-order valence-electron chi connectivity index (χ3n) is 1.96. The molecule has 0 amide bonds. The Morgan fingerprint density at radius 2 is 2.06 bits per heavy atom. The minimum absolute atomic E-state index is 0.407. The van der Waals surface area contributed by atoms with Crippen LogP contribution in [0.4, 0.5) is 0 Å². The Bertz CT molecular complexity index is 309. The summed E-state index contributed by atoms with van der Waals surface area (Å²) >= 11 is 0. The second kappa shape index (κ2) is 6.81. The molecule has 0 radical (unpaired) electrons. The summed E-state index contributed by atoms with van der Waals surface area (Å²) in [5, 5.41) is 8.59. The van der Waals surface area contributed by atoms with E-state index in [-0.39, 0.29) is 0 Å². The van der Waals surface area contributed by atoms with Crippen LogP contribution in [-0.2, 0) is 9.36 Å². The molecule has 94 valence electrons. The van der Waals surface area contributed by atoms with Gasteiger partial charge in [0.2, 0.25) is 0 Å². The molecule has 0 aliphatic heterocycles. The van der Waals surface area contributed by atoms with Gasteiger partial charge in [0, 0.05) is 0 Å². The second-order valence-electron chi connectivity index (χ2n) is 3.62. The molecule has 0 saturated carbocycles. The average Bonchev–Trinajstić information content (AvgIpc) is 2.11. The van der Waals surface area contributed by atoms with E-state index in [4.69, 9.17) is 20.6 Å². The van der Waals surface area contributed by atoms with Crippen LogP contribution < -0.4 is 5.73 Å². The highest BCUT2D eigenvalue weighted by Crippen LogP contribution is 2.37. The minimum atomic E-state index is -4.17. The Morgan fingerprint density at radius 1 is 1.50 bits per heavy atom. The Morgan fingerprint density at radius 3 is 2.44 bits per heavy atom. The first-order valence-corrected chi connectivity index (χ1v) is 6.78. The summed E-state index contributed by atoms with van der Waals surface area (Å²) in [6.07, 6.45) is 2.87. The highest BCUT2D eigenvalue weighted by molar-refractivity contribution is 7.52. The number of carboxylic acids is 1. The van der Waals surface area contributed by atoms with E-state index in [1.165, 1.54) is 6.08 Å². The van der Waals surface area contributed by atoms with Gasteiger partial charge in [-0.25, -0.2) is 0 Å². The molecular weight excluding hydrogens is 233 g/mol. The molecule has 0 aliphatic carbocycles. The fourth-order valence-corrected chi connectivity index (χ4v) is 2.00. The minimum Gasteiger partial charge on any atom is -0.480 e. The first-order chi connectivity index (χ1) is 7.26. The van der Waals surface area contributed by atoms with Crippen molar-refractivity contribution in [3.8, 4) is 0 Å². The van der Waals surface area contributed by atoms with Gasteiger partial charge < -0.3 is 20.6 Å². The van der Waals surface area contributed by atoms with Gasteiger partial charge in [-0.05, 0) is 12.8 Å². The number of rotatable bonds is 7. The molecule has 1 atom stereocenters. The van der Waals surface area contributed by atoms with Crippen molar-refractivity contribution in [3.05, 3.63) is 11.6 Å². The Kier molecular flexibility index (Phi) is 6.52. The normalized spacial score (nSPS) is 14.9. The summed E-state index contributed by atoms with van der Waals surface area (Å²) in [7, 11) is -4.17. The van der Waals surface area contributed by atoms with Gasteiger partial charge in [0.25, 0.3) is 0 Å². The zero-order chi connectivity index (χ0) is 12.8. The summed E-state index contributed by atoms with van der Waals surface area (Å²) in [5.74, 6) is -1.21. The maximum absolute atomic E-state index is 10.8. The Balaban J connectivity index is 4.65. The number of nitrogens with two attached hydrogens (primary N) is 1. The first kappa shape index (κ1) is 15.3. The molecule has 5 N–H and O–H groups in total. The molecule has 16 heavy (non-hydrogen) atoms. The van der Waals surface area contributed by atoms with E-state index in [0.717, 1.165) is 12.8 Å². The number of allylic oxidation sites excluding steroid dienone is 1. The van der Waals surface area contributed by atoms with Crippen LogP contribution in [0.15, 0.2) is 11.6 Å². The fourth-order valence-electron chi connectivity index (χ4n) is 1.21. The average molecular weight is 251 g/mol. The largest absolute Gasteiger partial charge is 0.480 e. The van der Waals surface area contributed by atoms with Crippen molar-refractivity contribution < 1.29 is 24.3 Å². The topological polar surface area (TPSA) is 121 Å². The lowest BCUT2D eigenvalue weighted by molar-refractivity contribution is -0.137. The smallest absolute Gasteiger partial charge is 0.329 e. The van der Waals surface area contributed by atoms with Crippen molar-refractivity contribution in [1.82, 2.24) is 0 Å². The number of unbranched alkanes of at least 4 members (excludes halogenated alkanes) is 1. The summed E-state index contributed by atoms with van der Waals surface area (Å²) < 4.78 is 10.8. The summed E-state index contributed by atoms with van der Waals surface area (Å²) in [6, 6.07) is -1.21. The lowest BCUT2D eigenvalue weighted by Gasteiger charge is -2.10. The van der Waals surface area contributed by atoms with Gasteiger partial charge in [-0.2, -0.15) is 0 Å². The van der Waals surface area contributed by atoms with Crippen molar-refractivity contribution in [1.29, 1.82) is 0 Å². The van der Waals surface area contributed by atoms with Crippen LogP contribution in [0.1, 0.15) is 26.2 Å². The van der Waals surface area contributed by atoms with Crippen LogP contribution in [0.5, 0.6) is 0 Å². The van der Waals surface area contributed by atoms with E-state index in [1.807, 2.05) is 6.92 Å². The van der Waals surface area contributed by atoms with Gasteiger partial charge in [0.15, 0.2) is 0 Å². The van der Waals surface area contributed by atoms with Crippen molar-refractivity contribution in [2.45, 2.75) is 32.2 Å². The zero-order valence-corrected chi connectivity index (χ0v) is 10.1. The molecule has 0 bridgehead atoms. The van der Waals surface area contributed by atoms with Gasteiger partial charge in [-0.15, -0.1) is 0 Å². The van der Waals surface area contributed by atoms with Crippen molar-refractivity contribution in [3.63, 3.8) is 0 Å². The monoisotopic (exact) mass is 251 g/mol. The first-order valence-electron chi connectivity index (χ1n) is 4.98.